The third-order valence-electron chi connectivity index (χ3n) is 5.14. The van der Waals surface area contributed by atoms with Crippen molar-refractivity contribution >= 4 is 55.9 Å². The number of ether oxygens (including phenoxy) is 1. The molecular weight excluding hydrogens is 500 g/mol. The van der Waals surface area contributed by atoms with E-state index >= 15 is 0 Å². The molecule has 0 aliphatic heterocycles. The predicted octanol–water partition coefficient (Wildman–Crippen LogP) is 4.68. The van der Waals surface area contributed by atoms with Crippen LogP contribution in [0.15, 0.2) is 77.3 Å². The maximum absolute atomic E-state index is 13.1. The molecule has 172 valence electrons. The van der Waals surface area contributed by atoms with Crippen molar-refractivity contribution in [2.75, 3.05) is 23.2 Å². The van der Waals surface area contributed by atoms with Gasteiger partial charge < -0.3 is 15.4 Å². The van der Waals surface area contributed by atoms with Gasteiger partial charge in [-0.05, 0) is 55.0 Å². The molecule has 9 heteroatoms. The molecule has 1 aromatic heterocycles. The fourth-order valence-corrected chi connectivity index (χ4v) is 3.79. The first-order valence-corrected chi connectivity index (χ1v) is 11.1. The van der Waals surface area contributed by atoms with Crippen molar-refractivity contribution in [2.24, 2.45) is 0 Å². The van der Waals surface area contributed by atoms with Crippen LogP contribution < -0.4 is 20.8 Å². The van der Waals surface area contributed by atoms with Crippen LogP contribution in [0.2, 0.25) is 0 Å². The first-order chi connectivity index (χ1) is 16.4. The molecule has 1 heterocycles. The number of hydrogen-bond acceptors (Lipinski definition) is 4. The van der Waals surface area contributed by atoms with E-state index in [4.69, 9.17) is 4.74 Å². The predicted molar refractivity (Wildman–Crippen MR) is 135 cm³/mol. The van der Waals surface area contributed by atoms with E-state index in [1.165, 1.54) is 11.8 Å². The van der Waals surface area contributed by atoms with Gasteiger partial charge in [0, 0.05) is 27.3 Å². The van der Waals surface area contributed by atoms with Gasteiger partial charge in [-0.2, -0.15) is 0 Å². The maximum atomic E-state index is 13.1. The van der Waals surface area contributed by atoms with E-state index in [9.17, 15) is 14.4 Å². The van der Waals surface area contributed by atoms with Crippen molar-refractivity contribution < 1.29 is 19.1 Å². The highest BCUT2D eigenvalue weighted by molar-refractivity contribution is 9.10. The lowest BCUT2D eigenvalue weighted by atomic mass is 10.2. The van der Waals surface area contributed by atoms with Gasteiger partial charge in [0.25, 0.3) is 5.91 Å². The second-order valence-electron chi connectivity index (χ2n) is 7.46. The highest BCUT2D eigenvalue weighted by Gasteiger charge is 2.21. The number of para-hydroxylation sites is 1. The van der Waals surface area contributed by atoms with Gasteiger partial charge in [0.2, 0.25) is 0 Å². The van der Waals surface area contributed by atoms with Crippen LogP contribution in [0.4, 0.5) is 11.4 Å². The van der Waals surface area contributed by atoms with E-state index in [1.54, 1.807) is 48.5 Å². The third kappa shape index (κ3) is 4.94. The Balaban J connectivity index is 1.62. The van der Waals surface area contributed by atoms with E-state index in [0.29, 0.717) is 28.0 Å². The summed E-state index contributed by atoms with van der Waals surface area (Å²) in [5, 5.41) is 6.10. The van der Waals surface area contributed by atoms with E-state index in [-0.39, 0.29) is 5.69 Å². The van der Waals surface area contributed by atoms with Crippen LogP contribution in [0.5, 0.6) is 5.75 Å². The molecular formula is C25H21BrN4O4. The summed E-state index contributed by atoms with van der Waals surface area (Å²) in [6, 6.07) is 21.0. The molecule has 0 aliphatic rings. The number of benzene rings is 3. The molecule has 8 nitrogen and oxygen atoms in total. The smallest absolute Gasteiger partial charge is 0.328 e. The average molecular weight is 521 g/mol. The molecule has 4 rings (SSSR count). The number of nitrogens with one attached hydrogen (secondary N) is 3. The molecule has 3 N–H and O–H groups in total. The number of amides is 3. The van der Waals surface area contributed by atoms with Crippen molar-refractivity contribution in [1.29, 1.82) is 0 Å². The number of fused-ring (bicyclic) bond motifs is 1. The lowest BCUT2D eigenvalue weighted by Crippen LogP contribution is -2.36. The number of aromatic nitrogens is 1. The van der Waals surface area contributed by atoms with Crippen molar-refractivity contribution in [3.63, 3.8) is 0 Å². The van der Waals surface area contributed by atoms with Crippen LogP contribution in [0.25, 0.3) is 10.9 Å². The Morgan fingerprint density at radius 2 is 1.68 bits per heavy atom. The summed E-state index contributed by atoms with van der Waals surface area (Å²) >= 11 is 3.42. The largest absolute Gasteiger partial charge is 0.497 e. The molecule has 0 atom stereocenters. The lowest BCUT2D eigenvalue weighted by Gasteiger charge is -2.13. The van der Waals surface area contributed by atoms with Crippen molar-refractivity contribution in [3.05, 3.63) is 88.5 Å². The van der Waals surface area contributed by atoms with Gasteiger partial charge in [0.15, 0.2) is 0 Å². The van der Waals surface area contributed by atoms with Gasteiger partial charge in [-0.15, -0.1) is 0 Å². The van der Waals surface area contributed by atoms with Crippen LogP contribution in [-0.4, -0.2) is 29.5 Å². The molecule has 4 aromatic rings. The fourth-order valence-electron chi connectivity index (χ4n) is 3.41. The maximum Gasteiger partial charge on any atom is 0.328 e. The molecule has 0 aliphatic carbocycles. The highest BCUT2D eigenvalue weighted by atomic mass is 79.9. The number of carbonyl (C=O) groups is 3. The fraction of sp³-hybridized carbons (Fsp3) is 0.0800. The Labute approximate surface area is 204 Å². The Morgan fingerprint density at radius 1 is 0.882 bits per heavy atom. The van der Waals surface area contributed by atoms with E-state index in [1.807, 2.05) is 31.2 Å². The summed E-state index contributed by atoms with van der Waals surface area (Å²) in [5.74, 6) is -1.73. The average Bonchev–Trinajstić information content (AvgIpc) is 3.18. The molecule has 0 bridgehead atoms. The molecule has 3 aromatic carbocycles. The van der Waals surface area contributed by atoms with Crippen LogP contribution in [0, 0.1) is 6.92 Å². The number of halogens is 1. The van der Waals surface area contributed by atoms with Crippen LogP contribution in [0.3, 0.4) is 0 Å². The summed E-state index contributed by atoms with van der Waals surface area (Å²) in [6.45, 7) is 1.88. The molecule has 34 heavy (non-hydrogen) atoms. The Bertz CT molecular complexity index is 1410. The zero-order chi connectivity index (χ0) is 24.2. The van der Waals surface area contributed by atoms with E-state index in [0.717, 1.165) is 10.0 Å². The molecule has 0 saturated carbocycles. The molecule has 0 fully saturated rings. The van der Waals surface area contributed by atoms with Gasteiger partial charge in [-0.3, -0.25) is 19.8 Å². The SMILES string of the molecule is COc1cccc(NC(=O)C(=O)Nn2c(C(=O)Nc3ccccc3C)cc3cc(Br)ccc32)c1. The molecule has 0 spiro atoms. The van der Waals surface area contributed by atoms with Gasteiger partial charge in [-0.1, -0.05) is 40.2 Å². The number of anilines is 2. The number of rotatable bonds is 5. The first-order valence-electron chi connectivity index (χ1n) is 10.3. The number of aryl methyl sites for hydroxylation is 1. The number of hydrogen-bond donors (Lipinski definition) is 3. The third-order valence-corrected chi connectivity index (χ3v) is 5.63. The van der Waals surface area contributed by atoms with Crippen molar-refractivity contribution in [3.8, 4) is 5.75 Å². The minimum Gasteiger partial charge on any atom is -0.497 e. The first kappa shape index (κ1) is 23.1. The monoisotopic (exact) mass is 520 g/mol. The van der Waals surface area contributed by atoms with E-state index < -0.39 is 17.7 Å². The summed E-state index contributed by atoms with van der Waals surface area (Å²) in [6.07, 6.45) is 0. The van der Waals surface area contributed by atoms with E-state index in [2.05, 4.69) is 32.0 Å². The molecule has 3 amide bonds. The number of carbonyl (C=O) groups excluding carboxylic acids is 3. The topological polar surface area (TPSA) is 101 Å². The second-order valence-corrected chi connectivity index (χ2v) is 8.38. The zero-order valence-electron chi connectivity index (χ0n) is 18.4. The molecule has 0 saturated heterocycles. The van der Waals surface area contributed by atoms with Gasteiger partial charge >= 0.3 is 11.8 Å². The number of nitrogens with zero attached hydrogens (tertiary/aromatic N) is 1. The van der Waals surface area contributed by atoms with Crippen molar-refractivity contribution in [1.82, 2.24) is 4.68 Å². The normalized spacial score (nSPS) is 10.6. The van der Waals surface area contributed by atoms with Crippen LogP contribution in [0.1, 0.15) is 16.1 Å². The standard InChI is InChI=1S/C25H21BrN4O4/c1-15-6-3-4-9-20(15)28-23(31)22-13-16-12-17(26)10-11-21(16)30(22)29-25(33)24(32)27-18-7-5-8-19(14-18)34-2/h3-14H,1-2H3,(H,27,32)(H,28,31)(H,29,33). The number of methoxy groups -OCH3 is 1. The lowest BCUT2D eigenvalue weighted by molar-refractivity contribution is -0.133. The minimum absolute atomic E-state index is 0.166. The highest BCUT2D eigenvalue weighted by Crippen LogP contribution is 2.24. The summed E-state index contributed by atoms with van der Waals surface area (Å²) in [4.78, 5) is 38.5. The quantitative estimate of drug-likeness (QED) is 0.332. The van der Waals surface area contributed by atoms with Crippen molar-refractivity contribution in [2.45, 2.75) is 6.92 Å². The Kier molecular flexibility index (Phi) is 6.65. The Hall–Kier alpha value is -4.11. The Morgan fingerprint density at radius 3 is 2.44 bits per heavy atom. The molecule has 0 unspecified atom stereocenters. The minimum atomic E-state index is -0.937. The zero-order valence-corrected chi connectivity index (χ0v) is 20.0. The second kappa shape index (κ2) is 9.80. The van der Waals surface area contributed by atoms with Crippen LogP contribution >= 0.6 is 15.9 Å². The van der Waals surface area contributed by atoms with Gasteiger partial charge in [0.1, 0.15) is 11.4 Å². The van der Waals surface area contributed by atoms with Gasteiger partial charge in [-0.25, -0.2) is 4.68 Å². The summed E-state index contributed by atoms with van der Waals surface area (Å²) in [5.41, 5.74) is 5.20. The van der Waals surface area contributed by atoms with Crippen LogP contribution in [-0.2, 0) is 9.59 Å². The summed E-state index contributed by atoms with van der Waals surface area (Å²) in [7, 11) is 1.51. The summed E-state index contributed by atoms with van der Waals surface area (Å²) < 4.78 is 7.25. The van der Waals surface area contributed by atoms with Gasteiger partial charge in [0.05, 0.1) is 12.6 Å². The molecule has 0 radical (unpaired) electrons.